The van der Waals surface area contributed by atoms with Crippen LogP contribution in [0.25, 0.3) is 0 Å². The van der Waals surface area contributed by atoms with Crippen molar-refractivity contribution in [1.82, 2.24) is 9.78 Å². The van der Waals surface area contributed by atoms with E-state index in [-0.39, 0.29) is 30.7 Å². The third-order valence-electron chi connectivity index (χ3n) is 3.30. The summed E-state index contributed by atoms with van der Waals surface area (Å²) in [4.78, 5) is 13.9. The van der Waals surface area contributed by atoms with Gasteiger partial charge in [-0.05, 0) is 12.8 Å². The summed E-state index contributed by atoms with van der Waals surface area (Å²) < 4.78 is 1.68. The molecule has 5 nitrogen and oxygen atoms in total. The van der Waals surface area contributed by atoms with Gasteiger partial charge in [-0.3, -0.25) is 9.48 Å². The van der Waals surface area contributed by atoms with Crippen LogP contribution in [0, 0.1) is 0 Å². The highest BCUT2D eigenvalue weighted by Gasteiger charge is 2.39. The lowest BCUT2D eigenvalue weighted by Gasteiger charge is -2.27. The van der Waals surface area contributed by atoms with Crippen LogP contribution in [0.3, 0.4) is 0 Å². The summed E-state index contributed by atoms with van der Waals surface area (Å²) in [7, 11) is 3.59. The SMILES string of the molecule is CN(C(=O)C1(N)CCCC1)c1cnn(C)c1.Cl.Cl. The molecule has 0 saturated heterocycles. The maximum absolute atomic E-state index is 12.2. The topological polar surface area (TPSA) is 64.2 Å². The highest BCUT2D eigenvalue weighted by atomic mass is 35.5. The van der Waals surface area contributed by atoms with Crippen molar-refractivity contribution in [2.75, 3.05) is 11.9 Å². The van der Waals surface area contributed by atoms with Crippen LogP contribution < -0.4 is 10.6 Å². The Kier molecular flexibility index (Phi) is 6.13. The Morgan fingerprint density at radius 2 is 2.00 bits per heavy atom. The molecule has 0 unspecified atom stereocenters. The minimum absolute atomic E-state index is 0. The Balaban J connectivity index is 0.00000144. The lowest BCUT2D eigenvalue weighted by atomic mass is 9.97. The number of nitrogens with zero attached hydrogens (tertiary/aromatic N) is 3. The lowest BCUT2D eigenvalue weighted by Crippen LogP contribution is -2.52. The van der Waals surface area contributed by atoms with E-state index in [9.17, 15) is 4.79 Å². The molecule has 0 spiro atoms. The average Bonchev–Trinajstić information content (AvgIpc) is 2.86. The minimum Gasteiger partial charge on any atom is -0.317 e. The Bertz CT molecular complexity index is 402. The first-order valence-corrected chi connectivity index (χ1v) is 5.59. The van der Waals surface area contributed by atoms with Crippen molar-refractivity contribution in [2.45, 2.75) is 31.2 Å². The number of anilines is 1. The molecule has 1 aliphatic carbocycles. The molecule has 0 bridgehead atoms. The summed E-state index contributed by atoms with van der Waals surface area (Å²) in [5.74, 6) is -0.00185. The van der Waals surface area contributed by atoms with Crippen molar-refractivity contribution in [3.05, 3.63) is 12.4 Å². The number of nitrogens with two attached hydrogens (primary N) is 1. The minimum atomic E-state index is -0.662. The van der Waals surface area contributed by atoms with Gasteiger partial charge in [0, 0.05) is 20.3 Å². The van der Waals surface area contributed by atoms with Crippen molar-refractivity contribution in [3.8, 4) is 0 Å². The molecular formula is C11H20Cl2N4O. The zero-order valence-corrected chi connectivity index (χ0v) is 12.3. The van der Waals surface area contributed by atoms with E-state index < -0.39 is 5.54 Å². The number of amides is 1. The molecule has 0 atom stereocenters. The van der Waals surface area contributed by atoms with Gasteiger partial charge in [-0.15, -0.1) is 24.8 Å². The Morgan fingerprint density at radius 1 is 1.44 bits per heavy atom. The summed E-state index contributed by atoms with van der Waals surface area (Å²) in [5.41, 5.74) is 6.26. The van der Waals surface area contributed by atoms with E-state index in [1.54, 1.807) is 22.8 Å². The van der Waals surface area contributed by atoms with E-state index >= 15 is 0 Å². The third-order valence-corrected chi connectivity index (χ3v) is 3.30. The number of carbonyl (C=O) groups excluding carboxylic acids is 1. The van der Waals surface area contributed by atoms with Crippen LogP contribution >= 0.6 is 24.8 Å². The standard InChI is InChI=1S/C11H18N4O.2ClH/c1-14-8-9(7-13-14)15(2)10(16)11(12)5-3-4-6-11;;/h7-8H,3-6,12H2,1-2H3;2*1H. The van der Waals surface area contributed by atoms with Crippen LogP contribution in [0.2, 0.25) is 0 Å². The largest absolute Gasteiger partial charge is 0.317 e. The van der Waals surface area contributed by atoms with Crippen molar-refractivity contribution < 1.29 is 4.79 Å². The van der Waals surface area contributed by atoms with E-state index in [2.05, 4.69) is 5.10 Å². The smallest absolute Gasteiger partial charge is 0.246 e. The molecule has 2 N–H and O–H groups in total. The molecule has 1 saturated carbocycles. The number of hydrogen-bond donors (Lipinski definition) is 1. The fourth-order valence-electron chi connectivity index (χ4n) is 2.25. The highest BCUT2D eigenvalue weighted by Crippen LogP contribution is 2.29. The predicted molar refractivity (Wildman–Crippen MR) is 76.5 cm³/mol. The van der Waals surface area contributed by atoms with Gasteiger partial charge >= 0.3 is 0 Å². The molecule has 18 heavy (non-hydrogen) atoms. The van der Waals surface area contributed by atoms with E-state index in [1.807, 2.05) is 13.2 Å². The molecule has 1 heterocycles. The number of rotatable bonds is 2. The number of aromatic nitrogens is 2. The summed E-state index contributed by atoms with van der Waals surface area (Å²) in [6, 6.07) is 0. The van der Waals surface area contributed by atoms with Crippen LogP contribution in [0.5, 0.6) is 0 Å². The van der Waals surface area contributed by atoms with Gasteiger partial charge in [0.05, 0.1) is 17.4 Å². The molecule has 1 aromatic heterocycles. The van der Waals surface area contributed by atoms with Crippen LogP contribution in [-0.2, 0) is 11.8 Å². The third kappa shape index (κ3) is 3.16. The first-order valence-electron chi connectivity index (χ1n) is 5.59. The number of hydrogen-bond acceptors (Lipinski definition) is 3. The van der Waals surface area contributed by atoms with Crippen LogP contribution in [-0.4, -0.2) is 28.3 Å². The molecule has 104 valence electrons. The molecule has 1 amide bonds. The first kappa shape index (κ1) is 17.2. The highest BCUT2D eigenvalue weighted by molar-refractivity contribution is 5.99. The summed E-state index contributed by atoms with van der Waals surface area (Å²) in [6.07, 6.45) is 7.16. The summed E-state index contributed by atoms with van der Waals surface area (Å²) in [6.45, 7) is 0. The zero-order chi connectivity index (χ0) is 11.8. The van der Waals surface area contributed by atoms with Crippen molar-refractivity contribution >= 4 is 36.4 Å². The van der Waals surface area contributed by atoms with Gasteiger partial charge in [0.25, 0.3) is 0 Å². The van der Waals surface area contributed by atoms with Gasteiger partial charge in [-0.25, -0.2) is 0 Å². The Morgan fingerprint density at radius 3 is 2.44 bits per heavy atom. The van der Waals surface area contributed by atoms with Crippen molar-refractivity contribution in [1.29, 1.82) is 0 Å². The number of aryl methyl sites for hydroxylation is 1. The number of halogens is 2. The fourth-order valence-corrected chi connectivity index (χ4v) is 2.25. The van der Waals surface area contributed by atoms with Gasteiger partial charge in [0.15, 0.2) is 0 Å². The maximum atomic E-state index is 12.2. The Labute approximate surface area is 120 Å². The maximum Gasteiger partial charge on any atom is 0.246 e. The first-order chi connectivity index (χ1) is 7.53. The fraction of sp³-hybridized carbons (Fsp3) is 0.636. The van der Waals surface area contributed by atoms with Crippen molar-refractivity contribution in [2.24, 2.45) is 12.8 Å². The van der Waals surface area contributed by atoms with Crippen LogP contribution in [0.1, 0.15) is 25.7 Å². The second-order valence-electron chi connectivity index (χ2n) is 4.60. The molecule has 0 aromatic carbocycles. The van der Waals surface area contributed by atoms with E-state index in [0.717, 1.165) is 31.4 Å². The molecule has 0 aliphatic heterocycles. The van der Waals surface area contributed by atoms with E-state index in [1.165, 1.54) is 0 Å². The van der Waals surface area contributed by atoms with Gasteiger partial charge in [0.2, 0.25) is 5.91 Å². The molecular weight excluding hydrogens is 275 g/mol. The quantitative estimate of drug-likeness (QED) is 0.899. The molecule has 1 aromatic rings. The van der Waals surface area contributed by atoms with Gasteiger partial charge < -0.3 is 10.6 Å². The van der Waals surface area contributed by atoms with Gasteiger partial charge in [-0.1, -0.05) is 12.8 Å². The zero-order valence-electron chi connectivity index (χ0n) is 10.6. The second-order valence-corrected chi connectivity index (χ2v) is 4.60. The van der Waals surface area contributed by atoms with Crippen molar-refractivity contribution in [3.63, 3.8) is 0 Å². The van der Waals surface area contributed by atoms with Crippen LogP contribution in [0.15, 0.2) is 12.4 Å². The van der Waals surface area contributed by atoms with E-state index in [4.69, 9.17) is 5.73 Å². The van der Waals surface area contributed by atoms with Gasteiger partial charge in [0.1, 0.15) is 0 Å². The average molecular weight is 295 g/mol. The van der Waals surface area contributed by atoms with E-state index in [0.29, 0.717) is 0 Å². The normalized spacial score (nSPS) is 16.6. The van der Waals surface area contributed by atoms with Gasteiger partial charge in [-0.2, -0.15) is 5.10 Å². The molecule has 1 fully saturated rings. The molecule has 1 aliphatic rings. The number of likely N-dealkylation sites (N-methyl/N-ethyl adjacent to an activating group) is 1. The summed E-state index contributed by atoms with van der Waals surface area (Å²) >= 11 is 0. The van der Waals surface area contributed by atoms with Crippen LogP contribution in [0.4, 0.5) is 5.69 Å². The predicted octanol–water partition coefficient (Wildman–Crippen LogP) is 1.50. The Hall–Kier alpha value is -0.780. The monoisotopic (exact) mass is 294 g/mol. The molecule has 2 rings (SSSR count). The molecule has 0 radical (unpaired) electrons. The molecule has 7 heteroatoms. The lowest BCUT2D eigenvalue weighted by molar-refractivity contribution is -0.123. The second kappa shape index (κ2) is 6.41. The summed E-state index contributed by atoms with van der Waals surface area (Å²) in [5, 5.41) is 4.05. The number of carbonyl (C=O) groups is 1.